The first-order valence-electron chi connectivity index (χ1n) is 7.18. The summed E-state index contributed by atoms with van der Waals surface area (Å²) in [7, 11) is 0. The maximum absolute atomic E-state index is 11.9. The number of rotatable bonds is 5. The molecule has 0 aliphatic rings. The van der Waals surface area contributed by atoms with Crippen LogP contribution < -0.4 is 10.6 Å². The number of amides is 1. The van der Waals surface area contributed by atoms with E-state index in [4.69, 9.17) is 0 Å². The van der Waals surface area contributed by atoms with Crippen LogP contribution in [0, 0.1) is 13.8 Å². The summed E-state index contributed by atoms with van der Waals surface area (Å²) in [5.41, 5.74) is 4.78. The van der Waals surface area contributed by atoms with Gasteiger partial charge in [0.1, 0.15) is 5.69 Å². The number of aromatic nitrogens is 1. The van der Waals surface area contributed by atoms with E-state index < -0.39 is 0 Å². The van der Waals surface area contributed by atoms with E-state index in [0.29, 0.717) is 12.2 Å². The van der Waals surface area contributed by atoms with Crippen LogP contribution in [0.2, 0.25) is 0 Å². The lowest BCUT2D eigenvalue weighted by atomic mass is 10.1. The molecular formula is C17H21N3O. The maximum atomic E-state index is 11.9. The molecule has 1 aromatic heterocycles. The molecule has 0 fully saturated rings. The van der Waals surface area contributed by atoms with Crippen LogP contribution >= 0.6 is 0 Å². The van der Waals surface area contributed by atoms with Gasteiger partial charge < -0.3 is 10.6 Å². The summed E-state index contributed by atoms with van der Waals surface area (Å²) in [5, 5.41) is 6.13. The first-order chi connectivity index (χ1) is 10.1. The van der Waals surface area contributed by atoms with Crippen LogP contribution in [0.1, 0.15) is 35.0 Å². The van der Waals surface area contributed by atoms with Crippen LogP contribution in [0.3, 0.4) is 0 Å². The summed E-state index contributed by atoms with van der Waals surface area (Å²) in [6.07, 6.45) is 2.55. The zero-order valence-electron chi connectivity index (χ0n) is 12.7. The Labute approximate surface area is 125 Å². The van der Waals surface area contributed by atoms with Gasteiger partial charge in [0, 0.05) is 24.1 Å². The third-order valence-corrected chi connectivity index (χ3v) is 3.32. The van der Waals surface area contributed by atoms with E-state index in [2.05, 4.69) is 41.6 Å². The van der Waals surface area contributed by atoms with E-state index in [1.165, 1.54) is 11.1 Å². The molecule has 21 heavy (non-hydrogen) atoms. The zero-order valence-corrected chi connectivity index (χ0v) is 12.7. The number of carbonyl (C=O) groups is 1. The van der Waals surface area contributed by atoms with Gasteiger partial charge in [0.05, 0.1) is 0 Å². The summed E-state index contributed by atoms with van der Waals surface area (Å²) >= 11 is 0. The fourth-order valence-corrected chi connectivity index (χ4v) is 1.95. The Morgan fingerprint density at radius 1 is 1.10 bits per heavy atom. The monoisotopic (exact) mass is 283 g/mol. The van der Waals surface area contributed by atoms with E-state index in [-0.39, 0.29) is 5.91 Å². The lowest BCUT2D eigenvalue weighted by molar-refractivity contribution is 0.0949. The number of hydrogen-bond donors (Lipinski definition) is 2. The predicted octanol–water partition coefficient (Wildman–Crippen LogP) is 3.58. The zero-order chi connectivity index (χ0) is 15.2. The minimum absolute atomic E-state index is 0.138. The first kappa shape index (κ1) is 15.0. The van der Waals surface area contributed by atoms with Gasteiger partial charge in [-0.1, -0.05) is 13.0 Å². The standard InChI is InChI=1S/C17H21N3O/c1-4-8-19-17(21)16-11-15(7-9-18-16)20-14-6-5-12(2)13(3)10-14/h5-7,9-11H,4,8H2,1-3H3,(H,18,20)(H,19,21). The molecule has 0 saturated carbocycles. The number of benzene rings is 1. The van der Waals surface area contributed by atoms with Crippen molar-refractivity contribution in [1.82, 2.24) is 10.3 Å². The van der Waals surface area contributed by atoms with Gasteiger partial charge in [-0.05, 0) is 55.7 Å². The van der Waals surface area contributed by atoms with Gasteiger partial charge >= 0.3 is 0 Å². The molecule has 1 aromatic carbocycles. The molecule has 0 aliphatic carbocycles. The van der Waals surface area contributed by atoms with Gasteiger partial charge in [-0.3, -0.25) is 9.78 Å². The molecular weight excluding hydrogens is 262 g/mol. The lowest BCUT2D eigenvalue weighted by Gasteiger charge is -2.10. The molecule has 0 unspecified atom stereocenters. The lowest BCUT2D eigenvalue weighted by Crippen LogP contribution is -2.24. The molecule has 4 nitrogen and oxygen atoms in total. The molecule has 0 bridgehead atoms. The van der Waals surface area contributed by atoms with Gasteiger partial charge in [0.15, 0.2) is 0 Å². The third kappa shape index (κ3) is 4.05. The van der Waals surface area contributed by atoms with Crippen molar-refractivity contribution >= 4 is 17.3 Å². The van der Waals surface area contributed by atoms with Crippen LogP contribution in [0.25, 0.3) is 0 Å². The number of nitrogens with zero attached hydrogens (tertiary/aromatic N) is 1. The van der Waals surface area contributed by atoms with Gasteiger partial charge in [0.25, 0.3) is 5.91 Å². The highest BCUT2D eigenvalue weighted by Gasteiger charge is 2.07. The normalized spacial score (nSPS) is 10.2. The van der Waals surface area contributed by atoms with Gasteiger partial charge in [-0.15, -0.1) is 0 Å². The smallest absolute Gasteiger partial charge is 0.269 e. The molecule has 110 valence electrons. The maximum Gasteiger partial charge on any atom is 0.269 e. The highest BCUT2D eigenvalue weighted by atomic mass is 16.1. The predicted molar refractivity (Wildman–Crippen MR) is 86.1 cm³/mol. The molecule has 1 amide bonds. The van der Waals surface area contributed by atoms with Crippen molar-refractivity contribution in [2.24, 2.45) is 0 Å². The van der Waals surface area contributed by atoms with E-state index in [0.717, 1.165) is 17.8 Å². The Morgan fingerprint density at radius 2 is 1.86 bits per heavy atom. The largest absolute Gasteiger partial charge is 0.355 e. The molecule has 4 heteroatoms. The Balaban J connectivity index is 2.13. The second kappa shape index (κ2) is 6.88. The second-order valence-corrected chi connectivity index (χ2v) is 5.11. The van der Waals surface area contributed by atoms with Gasteiger partial charge in [-0.2, -0.15) is 0 Å². The van der Waals surface area contributed by atoms with Crippen molar-refractivity contribution in [2.45, 2.75) is 27.2 Å². The minimum Gasteiger partial charge on any atom is -0.355 e. The topological polar surface area (TPSA) is 54.0 Å². The summed E-state index contributed by atoms with van der Waals surface area (Å²) in [4.78, 5) is 16.0. The van der Waals surface area contributed by atoms with Gasteiger partial charge in [-0.25, -0.2) is 0 Å². The third-order valence-electron chi connectivity index (χ3n) is 3.32. The van der Waals surface area contributed by atoms with Crippen molar-refractivity contribution in [3.05, 3.63) is 53.3 Å². The Morgan fingerprint density at radius 3 is 2.57 bits per heavy atom. The molecule has 0 saturated heterocycles. The Bertz CT molecular complexity index is 638. The summed E-state index contributed by atoms with van der Waals surface area (Å²) in [6.45, 7) is 6.85. The second-order valence-electron chi connectivity index (χ2n) is 5.11. The highest BCUT2D eigenvalue weighted by Crippen LogP contribution is 2.19. The van der Waals surface area contributed by atoms with Crippen LogP contribution in [-0.2, 0) is 0 Å². The van der Waals surface area contributed by atoms with Gasteiger partial charge in [0.2, 0.25) is 0 Å². The molecule has 0 atom stereocenters. The average Bonchev–Trinajstić information content (AvgIpc) is 2.49. The average molecular weight is 283 g/mol. The van der Waals surface area contributed by atoms with Crippen molar-refractivity contribution in [3.8, 4) is 0 Å². The van der Waals surface area contributed by atoms with Crippen LogP contribution in [-0.4, -0.2) is 17.4 Å². The number of hydrogen-bond acceptors (Lipinski definition) is 3. The van der Waals surface area contributed by atoms with E-state index in [1.54, 1.807) is 12.3 Å². The number of aryl methyl sites for hydroxylation is 2. The Hall–Kier alpha value is -2.36. The van der Waals surface area contributed by atoms with Crippen LogP contribution in [0.5, 0.6) is 0 Å². The Kier molecular flexibility index (Phi) is 4.93. The highest BCUT2D eigenvalue weighted by molar-refractivity contribution is 5.93. The van der Waals surface area contributed by atoms with Crippen molar-refractivity contribution in [2.75, 3.05) is 11.9 Å². The van der Waals surface area contributed by atoms with Crippen molar-refractivity contribution in [1.29, 1.82) is 0 Å². The quantitative estimate of drug-likeness (QED) is 0.881. The van der Waals surface area contributed by atoms with E-state index in [9.17, 15) is 4.79 Å². The SMILES string of the molecule is CCCNC(=O)c1cc(Nc2ccc(C)c(C)c2)ccn1. The van der Waals surface area contributed by atoms with E-state index in [1.807, 2.05) is 19.1 Å². The molecule has 1 heterocycles. The fraction of sp³-hybridized carbons (Fsp3) is 0.294. The van der Waals surface area contributed by atoms with E-state index >= 15 is 0 Å². The number of nitrogens with one attached hydrogen (secondary N) is 2. The molecule has 2 aromatic rings. The fourth-order valence-electron chi connectivity index (χ4n) is 1.95. The number of pyridine rings is 1. The molecule has 0 aliphatic heterocycles. The van der Waals surface area contributed by atoms with Crippen LogP contribution in [0.4, 0.5) is 11.4 Å². The molecule has 2 N–H and O–H groups in total. The summed E-state index contributed by atoms with van der Waals surface area (Å²) in [6, 6.07) is 9.81. The molecule has 0 spiro atoms. The van der Waals surface area contributed by atoms with Crippen molar-refractivity contribution < 1.29 is 4.79 Å². The first-order valence-corrected chi connectivity index (χ1v) is 7.18. The van der Waals surface area contributed by atoms with Crippen molar-refractivity contribution in [3.63, 3.8) is 0 Å². The minimum atomic E-state index is -0.138. The molecule has 2 rings (SSSR count). The van der Waals surface area contributed by atoms with Crippen LogP contribution in [0.15, 0.2) is 36.5 Å². The molecule has 0 radical (unpaired) electrons. The number of anilines is 2. The summed E-state index contributed by atoms with van der Waals surface area (Å²) in [5.74, 6) is -0.138. The summed E-state index contributed by atoms with van der Waals surface area (Å²) < 4.78 is 0. The number of carbonyl (C=O) groups excluding carboxylic acids is 1.